The van der Waals surface area contributed by atoms with Crippen molar-refractivity contribution < 1.29 is 24.5 Å². The van der Waals surface area contributed by atoms with E-state index in [0.717, 1.165) is 38.9 Å². The van der Waals surface area contributed by atoms with Gasteiger partial charge in [0.2, 0.25) is 0 Å². The van der Waals surface area contributed by atoms with Crippen molar-refractivity contribution in [1.82, 2.24) is 0 Å². The van der Waals surface area contributed by atoms with E-state index in [0.29, 0.717) is 6.61 Å². The van der Waals surface area contributed by atoms with Gasteiger partial charge in [0, 0.05) is 33.4 Å². The molecule has 5 nitrogen and oxygen atoms in total. The first-order chi connectivity index (χ1) is 9.10. The SMILES string of the molecule is CCCCOC(C)=O.CCOCC.OCCCCO. The number of unbranched alkanes of at least 4 members (excludes halogenated alkanes) is 2. The molecule has 0 aromatic heterocycles. The number of aliphatic hydroxyl groups is 2. The lowest BCUT2D eigenvalue weighted by molar-refractivity contribution is -0.141. The first kappa shape index (κ1) is 23.4. The number of ether oxygens (including phenoxy) is 2. The van der Waals surface area contributed by atoms with Crippen LogP contribution in [0.3, 0.4) is 0 Å². The Morgan fingerprint density at radius 3 is 1.63 bits per heavy atom. The van der Waals surface area contributed by atoms with Crippen LogP contribution in [0.5, 0.6) is 0 Å². The normalized spacial score (nSPS) is 8.74. The van der Waals surface area contributed by atoms with E-state index in [2.05, 4.69) is 11.7 Å². The van der Waals surface area contributed by atoms with Crippen molar-refractivity contribution in [3.63, 3.8) is 0 Å². The molecule has 0 aliphatic carbocycles. The van der Waals surface area contributed by atoms with Gasteiger partial charge in [0.15, 0.2) is 0 Å². The van der Waals surface area contributed by atoms with Crippen molar-refractivity contribution in [2.75, 3.05) is 33.0 Å². The summed E-state index contributed by atoms with van der Waals surface area (Å²) in [4.78, 5) is 10.1. The van der Waals surface area contributed by atoms with Crippen molar-refractivity contribution in [2.24, 2.45) is 0 Å². The first-order valence-corrected chi connectivity index (χ1v) is 7.03. The van der Waals surface area contributed by atoms with Gasteiger partial charge < -0.3 is 19.7 Å². The summed E-state index contributed by atoms with van der Waals surface area (Å²) < 4.78 is 9.48. The van der Waals surface area contributed by atoms with Gasteiger partial charge in [-0.1, -0.05) is 13.3 Å². The standard InChI is InChI=1S/C6H12O2.C4H10O2.C4H10O/c1-3-4-5-8-6(2)7;5-3-1-2-4-6;1-3-5-4-2/h3-5H2,1-2H3;5-6H,1-4H2;3-4H2,1-2H3. The molecule has 0 aliphatic rings. The molecule has 0 rings (SSSR count). The molecule has 0 radical (unpaired) electrons. The molecule has 0 heterocycles. The number of esters is 1. The molecule has 0 fully saturated rings. The van der Waals surface area contributed by atoms with Crippen LogP contribution in [-0.4, -0.2) is 49.2 Å². The minimum absolute atomic E-state index is 0.182. The van der Waals surface area contributed by atoms with E-state index in [1.54, 1.807) is 0 Å². The lowest BCUT2D eigenvalue weighted by atomic mass is 10.3. The molecular formula is C14H32O5. The largest absolute Gasteiger partial charge is 0.466 e. The van der Waals surface area contributed by atoms with Crippen LogP contribution in [0, 0.1) is 0 Å². The molecule has 0 atom stereocenters. The third-order valence-electron chi connectivity index (χ3n) is 1.78. The fourth-order valence-electron chi connectivity index (χ4n) is 0.788. The second-order valence-corrected chi connectivity index (χ2v) is 3.63. The van der Waals surface area contributed by atoms with E-state index in [9.17, 15) is 4.79 Å². The Morgan fingerprint density at radius 1 is 0.947 bits per heavy atom. The highest BCUT2D eigenvalue weighted by Gasteiger charge is 1.88. The van der Waals surface area contributed by atoms with E-state index in [4.69, 9.17) is 14.9 Å². The second-order valence-electron chi connectivity index (χ2n) is 3.63. The number of carbonyl (C=O) groups excluding carboxylic acids is 1. The molecule has 118 valence electrons. The molecule has 0 aromatic rings. The summed E-state index contributed by atoms with van der Waals surface area (Å²) in [6.07, 6.45) is 3.49. The van der Waals surface area contributed by atoms with Crippen LogP contribution in [0.2, 0.25) is 0 Å². The maximum atomic E-state index is 10.1. The second kappa shape index (κ2) is 26.0. The molecule has 0 bridgehead atoms. The fraction of sp³-hybridized carbons (Fsp3) is 0.929. The van der Waals surface area contributed by atoms with Gasteiger partial charge in [0.25, 0.3) is 0 Å². The highest BCUT2D eigenvalue weighted by molar-refractivity contribution is 5.65. The van der Waals surface area contributed by atoms with Crippen molar-refractivity contribution in [3.8, 4) is 0 Å². The Kier molecular flexibility index (Phi) is 32.1. The van der Waals surface area contributed by atoms with Gasteiger partial charge in [-0.15, -0.1) is 0 Å². The lowest BCUT2D eigenvalue weighted by Gasteiger charge is -1.96. The average molecular weight is 280 g/mol. The van der Waals surface area contributed by atoms with E-state index in [-0.39, 0.29) is 19.2 Å². The van der Waals surface area contributed by atoms with Crippen LogP contribution < -0.4 is 0 Å². The zero-order valence-electron chi connectivity index (χ0n) is 13.0. The molecule has 0 saturated carbocycles. The zero-order chi connectivity index (χ0) is 15.4. The van der Waals surface area contributed by atoms with Gasteiger partial charge in [-0.25, -0.2) is 0 Å². The van der Waals surface area contributed by atoms with Crippen LogP contribution in [-0.2, 0) is 14.3 Å². The van der Waals surface area contributed by atoms with Crippen LogP contribution in [0.4, 0.5) is 0 Å². The minimum Gasteiger partial charge on any atom is -0.466 e. The number of aliphatic hydroxyl groups excluding tert-OH is 2. The van der Waals surface area contributed by atoms with Gasteiger partial charge in [0.05, 0.1) is 6.61 Å². The number of hydrogen-bond donors (Lipinski definition) is 2. The molecule has 5 heteroatoms. The van der Waals surface area contributed by atoms with Crippen molar-refractivity contribution in [1.29, 1.82) is 0 Å². The topological polar surface area (TPSA) is 76.0 Å². The minimum atomic E-state index is -0.182. The Balaban J connectivity index is -0.000000209. The monoisotopic (exact) mass is 280 g/mol. The molecule has 0 unspecified atom stereocenters. The molecule has 0 spiro atoms. The summed E-state index contributed by atoms with van der Waals surface area (Å²) in [7, 11) is 0. The Hall–Kier alpha value is -0.650. The van der Waals surface area contributed by atoms with E-state index < -0.39 is 0 Å². The van der Waals surface area contributed by atoms with E-state index in [1.807, 2.05) is 13.8 Å². The summed E-state index contributed by atoms with van der Waals surface area (Å²) >= 11 is 0. The summed E-state index contributed by atoms with van der Waals surface area (Å²) in [5, 5.41) is 16.2. The van der Waals surface area contributed by atoms with Crippen molar-refractivity contribution >= 4 is 5.97 Å². The third kappa shape index (κ3) is 46.8. The van der Waals surface area contributed by atoms with E-state index >= 15 is 0 Å². The molecule has 0 amide bonds. The van der Waals surface area contributed by atoms with Gasteiger partial charge in [-0.2, -0.15) is 0 Å². The highest BCUT2D eigenvalue weighted by Crippen LogP contribution is 1.86. The first-order valence-electron chi connectivity index (χ1n) is 7.03. The predicted molar refractivity (Wildman–Crippen MR) is 77.1 cm³/mol. The highest BCUT2D eigenvalue weighted by atomic mass is 16.5. The Bertz CT molecular complexity index is 145. The van der Waals surface area contributed by atoms with Crippen LogP contribution in [0.25, 0.3) is 0 Å². The summed E-state index contributed by atoms with van der Waals surface area (Å²) in [5.74, 6) is -0.182. The number of hydrogen-bond acceptors (Lipinski definition) is 5. The van der Waals surface area contributed by atoms with Crippen LogP contribution in [0.1, 0.15) is 53.4 Å². The quantitative estimate of drug-likeness (QED) is 0.526. The summed E-state index contributed by atoms with van der Waals surface area (Å²) in [6, 6.07) is 0. The molecule has 19 heavy (non-hydrogen) atoms. The van der Waals surface area contributed by atoms with Crippen molar-refractivity contribution in [2.45, 2.75) is 53.4 Å². The Labute approximate surface area is 117 Å². The Morgan fingerprint density at radius 2 is 1.42 bits per heavy atom. The molecule has 0 aromatic carbocycles. The average Bonchev–Trinajstić information content (AvgIpc) is 2.39. The van der Waals surface area contributed by atoms with Crippen LogP contribution >= 0.6 is 0 Å². The molecule has 0 saturated heterocycles. The van der Waals surface area contributed by atoms with Gasteiger partial charge in [-0.3, -0.25) is 4.79 Å². The van der Waals surface area contributed by atoms with Crippen LogP contribution in [0.15, 0.2) is 0 Å². The van der Waals surface area contributed by atoms with Crippen molar-refractivity contribution in [3.05, 3.63) is 0 Å². The summed E-state index contributed by atoms with van der Waals surface area (Å²) in [5.41, 5.74) is 0. The number of rotatable bonds is 8. The predicted octanol–water partition coefficient (Wildman–Crippen LogP) is 2.14. The van der Waals surface area contributed by atoms with Gasteiger partial charge in [-0.05, 0) is 33.1 Å². The number of carbonyl (C=O) groups is 1. The molecule has 0 aliphatic heterocycles. The third-order valence-corrected chi connectivity index (χ3v) is 1.78. The van der Waals surface area contributed by atoms with Gasteiger partial charge >= 0.3 is 5.97 Å². The fourth-order valence-corrected chi connectivity index (χ4v) is 0.788. The maximum absolute atomic E-state index is 10.1. The maximum Gasteiger partial charge on any atom is 0.302 e. The van der Waals surface area contributed by atoms with E-state index in [1.165, 1.54) is 6.92 Å². The lowest BCUT2D eigenvalue weighted by Crippen LogP contribution is -1.99. The molecule has 2 N–H and O–H groups in total. The smallest absolute Gasteiger partial charge is 0.302 e. The molecular weight excluding hydrogens is 248 g/mol. The van der Waals surface area contributed by atoms with Gasteiger partial charge in [0.1, 0.15) is 0 Å². The zero-order valence-corrected chi connectivity index (χ0v) is 13.0. The summed E-state index contributed by atoms with van der Waals surface area (Å²) in [6.45, 7) is 10.1.